The zero-order valence-corrected chi connectivity index (χ0v) is 14.4. The van der Waals surface area contributed by atoms with Gasteiger partial charge >= 0.3 is 5.69 Å². The van der Waals surface area contributed by atoms with Crippen LogP contribution in [-0.4, -0.2) is 15.0 Å². The molecule has 1 heterocycles. The maximum atomic E-state index is 11.2. The Morgan fingerprint density at radius 1 is 1.12 bits per heavy atom. The zero-order chi connectivity index (χ0) is 18.7. The smallest absolute Gasteiger partial charge is 0.311 e. The van der Waals surface area contributed by atoms with Crippen LogP contribution in [0.3, 0.4) is 0 Å². The number of nitro groups is 1. The number of rotatable bonds is 5. The molecule has 0 amide bonds. The van der Waals surface area contributed by atoms with Crippen LogP contribution in [-0.2, 0) is 0 Å². The maximum absolute atomic E-state index is 11.2. The normalized spacial score (nSPS) is 11.8. The Labute approximate surface area is 150 Å². The first-order valence-electron chi connectivity index (χ1n) is 8.11. The van der Waals surface area contributed by atoms with E-state index in [0.29, 0.717) is 11.3 Å². The number of aliphatic hydroxyl groups excluding tert-OH is 1. The predicted molar refractivity (Wildman–Crippen MR) is 98.2 cm³/mol. The highest BCUT2D eigenvalue weighted by atomic mass is 16.6. The van der Waals surface area contributed by atoms with Gasteiger partial charge in [-0.1, -0.05) is 29.8 Å². The molecule has 6 heteroatoms. The van der Waals surface area contributed by atoms with Crippen molar-refractivity contribution in [3.63, 3.8) is 0 Å². The molecule has 1 unspecified atom stereocenters. The van der Waals surface area contributed by atoms with E-state index in [2.05, 4.69) is 4.98 Å². The number of benzene rings is 2. The molecule has 3 rings (SSSR count). The van der Waals surface area contributed by atoms with E-state index in [-0.39, 0.29) is 11.4 Å². The first-order chi connectivity index (χ1) is 12.4. The number of pyridine rings is 1. The van der Waals surface area contributed by atoms with E-state index in [1.54, 1.807) is 19.1 Å². The molecule has 1 aromatic heterocycles. The van der Waals surface area contributed by atoms with Crippen LogP contribution in [0.2, 0.25) is 0 Å². The van der Waals surface area contributed by atoms with Gasteiger partial charge in [0.1, 0.15) is 5.75 Å². The van der Waals surface area contributed by atoms with Crippen molar-refractivity contribution in [3.8, 4) is 22.8 Å². The summed E-state index contributed by atoms with van der Waals surface area (Å²) < 4.78 is 5.66. The van der Waals surface area contributed by atoms with Gasteiger partial charge in [-0.25, -0.2) is 0 Å². The molecule has 0 saturated carbocycles. The van der Waals surface area contributed by atoms with E-state index in [0.717, 1.165) is 11.3 Å². The summed E-state index contributed by atoms with van der Waals surface area (Å²) in [6, 6.07) is 15.8. The molecule has 0 aliphatic carbocycles. The molecule has 0 aliphatic rings. The number of ether oxygens (including phenoxy) is 1. The van der Waals surface area contributed by atoms with Gasteiger partial charge in [-0.15, -0.1) is 0 Å². The average Bonchev–Trinajstić information content (AvgIpc) is 2.63. The molecule has 0 radical (unpaired) electrons. The van der Waals surface area contributed by atoms with E-state index < -0.39 is 11.0 Å². The van der Waals surface area contributed by atoms with Gasteiger partial charge in [0.25, 0.3) is 0 Å². The van der Waals surface area contributed by atoms with Gasteiger partial charge in [0.15, 0.2) is 0 Å². The van der Waals surface area contributed by atoms with Crippen LogP contribution < -0.4 is 4.74 Å². The van der Waals surface area contributed by atoms with Gasteiger partial charge in [0.2, 0.25) is 5.75 Å². The summed E-state index contributed by atoms with van der Waals surface area (Å²) in [6.07, 6.45) is 0.772. The second kappa shape index (κ2) is 7.33. The van der Waals surface area contributed by atoms with Crippen LogP contribution in [0.1, 0.15) is 24.2 Å². The lowest BCUT2D eigenvalue weighted by Crippen LogP contribution is -1.97. The Kier molecular flexibility index (Phi) is 4.95. The second-order valence-corrected chi connectivity index (χ2v) is 6.01. The molecule has 6 nitrogen and oxygen atoms in total. The zero-order valence-electron chi connectivity index (χ0n) is 14.4. The molecule has 1 atom stereocenters. The lowest BCUT2D eigenvalue weighted by atomic mass is 10.1. The van der Waals surface area contributed by atoms with Gasteiger partial charge in [-0.2, -0.15) is 0 Å². The van der Waals surface area contributed by atoms with Gasteiger partial charge in [0, 0.05) is 11.6 Å². The third-order valence-corrected chi connectivity index (χ3v) is 3.97. The summed E-state index contributed by atoms with van der Waals surface area (Å²) in [5.41, 5.74) is 3.29. The lowest BCUT2D eigenvalue weighted by Gasteiger charge is -2.10. The number of hydrogen-bond acceptors (Lipinski definition) is 5. The van der Waals surface area contributed by atoms with Crippen LogP contribution in [0.4, 0.5) is 5.69 Å². The van der Waals surface area contributed by atoms with E-state index in [4.69, 9.17) is 4.74 Å². The van der Waals surface area contributed by atoms with Crippen LogP contribution in [0.25, 0.3) is 11.3 Å². The highest BCUT2D eigenvalue weighted by Crippen LogP contribution is 2.34. The Morgan fingerprint density at radius 3 is 2.42 bits per heavy atom. The number of aliphatic hydroxyl groups is 1. The minimum Gasteiger partial charge on any atom is -0.448 e. The van der Waals surface area contributed by atoms with Crippen molar-refractivity contribution in [1.29, 1.82) is 0 Å². The fourth-order valence-electron chi connectivity index (χ4n) is 2.49. The minimum atomic E-state index is -0.750. The van der Waals surface area contributed by atoms with E-state index >= 15 is 0 Å². The van der Waals surface area contributed by atoms with Crippen molar-refractivity contribution in [2.24, 2.45) is 0 Å². The molecular formula is C20H18N2O4. The Bertz CT molecular complexity index is 920. The molecule has 0 aliphatic heterocycles. The van der Waals surface area contributed by atoms with Crippen molar-refractivity contribution >= 4 is 5.69 Å². The largest absolute Gasteiger partial charge is 0.448 e. The summed E-state index contributed by atoms with van der Waals surface area (Å²) in [4.78, 5) is 15.1. The first-order valence-corrected chi connectivity index (χ1v) is 8.11. The molecule has 0 fully saturated rings. The summed E-state index contributed by atoms with van der Waals surface area (Å²) in [7, 11) is 0. The monoisotopic (exact) mass is 350 g/mol. The Balaban J connectivity index is 1.88. The molecular weight excluding hydrogens is 332 g/mol. The Hall–Kier alpha value is -3.25. The fourth-order valence-corrected chi connectivity index (χ4v) is 2.49. The average molecular weight is 350 g/mol. The van der Waals surface area contributed by atoms with Crippen LogP contribution in [0, 0.1) is 17.0 Å². The van der Waals surface area contributed by atoms with Crippen LogP contribution in [0.15, 0.2) is 60.8 Å². The van der Waals surface area contributed by atoms with E-state index in [1.807, 2.05) is 31.2 Å². The van der Waals surface area contributed by atoms with Gasteiger partial charge < -0.3 is 9.84 Å². The summed E-state index contributed by atoms with van der Waals surface area (Å²) in [6.45, 7) is 3.60. The number of nitrogens with zero attached hydrogens (tertiary/aromatic N) is 2. The van der Waals surface area contributed by atoms with Crippen molar-refractivity contribution in [2.75, 3.05) is 0 Å². The molecule has 26 heavy (non-hydrogen) atoms. The summed E-state index contributed by atoms with van der Waals surface area (Å²) in [5.74, 6) is 0.449. The highest BCUT2D eigenvalue weighted by molar-refractivity contribution is 5.60. The van der Waals surface area contributed by atoms with Crippen molar-refractivity contribution < 1.29 is 14.8 Å². The van der Waals surface area contributed by atoms with Crippen molar-refractivity contribution in [3.05, 3.63) is 82.0 Å². The SMILES string of the molecule is Cc1ccc(-c2ccc(Oc3cc(C(C)O)ccc3[N+](=O)[O-])cn2)cc1. The van der Waals surface area contributed by atoms with Crippen molar-refractivity contribution in [1.82, 2.24) is 4.98 Å². The number of aromatic nitrogens is 1. The molecule has 1 N–H and O–H groups in total. The summed E-state index contributed by atoms with van der Waals surface area (Å²) in [5, 5.41) is 20.9. The van der Waals surface area contributed by atoms with Gasteiger partial charge in [-0.05, 0) is 43.7 Å². The number of nitro benzene ring substituents is 1. The first kappa shape index (κ1) is 17.6. The highest BCUT2D eigenvalue weighted by Gasteiger charge is 2.18. The molecule has 2 aromatic carbocycles. The number of hydrogen-bond donors (Lipinski definition) is 1. The lowest BCUT2D eigenvalue weighted by molar-refractivity contribution is -0.385. The Morgan fingerprint density at radius 2 is 1.85 bits per heavy atom. The van der Waals surface area contributed by atoms with Gasteiger partial charge in [0.05, 0.1) is 22.9 Å². The summed E-state index contributed by atoms with van der Waals surface area (Å²) >= 11 is 0. The topological polar surface area (TPSA) is 85.5 Å². The fraction of sp³-hybridized carbons (Fsp3) is 0.150. The van der Waals surface area contributed by atoms with E-state index in [1.165, 1.54) is 30.0 Å². The van der Waals surface area contributed by atoms with E-state index in [9.17, 15) is 15.2 Å². The number of aryl methyl sites for hydroxylation is 1. The van der Waals surface area contributed by atoms with Crippen molar-refractivity contribution in [2.45, 2.75) is 20.0 Å². The van der Waals surface area contributed by atoms with Crippen LogP contribution in [0.5, 0.6) is 11.5 Å². The molecule has 0 spiro atoms. The molecule has 0 bridgehead atoms. The third-order valence-electron chi connectivity index (χ3n) is 3.97. The van der Waals surface area contributed by atoms with Gasteiger partial charge in [-0.3, -0.25) is 15.1 Å². The van der Waals surface area contributed by atoms with Crippen LogP contribution >= 0.6 is 0 Å². The molecule has 3 aromatic rings. The molecule has 0 saturated heterocycles. The minimum absolute atomic E-state index is 0.0679. The third kappa shape index (κ3) is 3.87. The maximum Gasteiger partial charge on any atom is 0.311 e. The standard InChI is InChI=1S/C20H18N2O4/c1-13-3-5-15(6-4-13)18-9-8-17(12-21-18)26-20-11-16(14(2)23)7-10-19(20)22(24)25/h3-12,14,23H,1-2H3. The second-order valence-electron chi connectivity index (χ2n) is 6.01. The quantitative estimate of drug-likeness (QED) is 0.527. The predicted octanol–water partition coefficient (Wildman–Crippen LogP) is 4.81. The molecule has 132 valence electrons.